The third kappa shape index (κ3) is 4.00. The number of benzene rings is 3. The van der Waals surface area contributed by atoms with Gasteiger partial charge in [-0.05, 0) is 23.6 Å². The van der Waals surface area contributed by atoms with Crippen LogP contribution in [0.25, 0.3) is 10.8 Å². The molecular formula is C21H19NO5. The number of hydrogen-bond donors (Lipinski definition) is 1. The number of fused-ring (bicyclic) bond motifs is 1. The average molecular weight is 365 g/mol. The molecule has 3 rings (SSSR count). The number of ether oxygens (including phenoxy) is 3. The van der Waals surface area contributed by atoms with Gasteiger partial charge in [0.1, 0.15) is 5.56 Å². The van der Waals surface area contributed by atoms with Crippen LogP contribution in [0.5, 0.6) is 11.5 Å². The molecule has 3 aromatic rings. The highest BCUT2D eigenvalue weighted by Crippen LogP contribution is 2.31. The Balaban J connectivity index is 1.68. The van der Waals surface area contributed by atoms with Crippen molar-refractivity contribution in [3.8, 4) is 11.5 Å². The number of amides is 1. The molecule has 0 atom stereocenters. The van der Waals surface area contributed by atoms with Crippen LogP contribution in [-0.2, 0) is 9.53 Å². The molecule has 1 N–H and O–H groups in total. The Morgan fingerprint density at radius 3 is 2.41 bits per heavy atom. The molecule has 3 aromatic carbocycles. The number of rotatable bonds is 6. The number of hydrogen-bond acceptors (Lipinski definition) is 5. The fourth-order valence-electron chi connectivity index (χ4n) is 2.78. The summed E-state index contributed by atoms with van der Waals surface area (Å²) in [6.45, 7) is -0.414. The minimum absolute atomic E-state index is 0.190. The van der Waals surface area contributed by atoms with Gasteiger partial charge in [0.15, 0.2) is 18.1 Å². The van der Waals surface area contributed by atoms with Crippen molar-refractivity contribution in [2.75, 3.05) is 26.1 Å². The van der Waals surface area contributed by atoms with Crippen LogP contribution in [0.4, 0.5) is 5.69 Å². The fraction of sp³-hybridized carbons (Fsp3) is 0.143. The lowest BCUT2D eigenvalue weighted by Gasteiger charge is -2.12. The first kappa shape index (κ1) is 18.3. The van der Waals surface area contributed by atoms with E-state index in [1.807, 2.05) is 36.4 Å². The van der Waals surface area contributed by atoms with Gasteiger partial charge in [-0.3, -0.25) is 4.79 Å². The van der Waals surface area contributed by atoms with Gasteiger partial charge in [0.2, 0.25) is 0 Å². The molecule has 0 saturated carbocycles. The SMILES string of the molecule is COc1cccc(C(=O)OCC(=O)Nc2cccc3ccccc23)c1OC. The molecule has 1 amide bonds. The van der Waals surface area contributed by atoms with Crippen molar-refractivity contribution in [2.24, 2.45) is 0 Å². The maximum Gasteiger partial charge on any atom is 0.342 e. The number of methoxy groups -OCH3 is 2. The van der Waals surface area contributed by atoms with Crippen LogP contribution in [0, 0.1) is 0 Å². The molecule has 0 aliphatic heterocycles. The van der Waals surface area contributed by atoms with Crippen LogP contribution in [0.1, 0.15) is 10.4 Å². The summed E-state index contributed by atoms with van der Waals surface area (Å²) in [6.07, 6.45) is 0. The second kappa shape index (κ2) is 8.23. The topological polar surface area (TPSA) is 73.9 Å². The summed E-state index contributed by atoms with van der Waals surface area (Å²) < 4.78 is 15.5. The molecule has 138 valence electrons. The van der Waals surface area contributed by atoms with Crippen molar-refractivity contribution in [3.05, 3.63) is 66.2 Å². The summed E-state index contributed by atoms with van der Waals surface area (Å²) >= 11 is 0. The van der Waals surface area contributed by atoms with Gasteiger partial charge in [-0.15, -0.1) is 0 Å². The highest BCUT2D eigenvalue weighted by Gasteiger charge is 2.18. The Kier molecular flexibility index (Phi) is 5.56. The maximum atomic E-state index is 12.3. The van der Waals surface area contributed by atoms with Crippen LogP contribution in [-0.4, -0.2) is 32.7 Å². The first-order chi connectivity index (χ1) is 13.1. The van der Waals surface area contributed by atoms with Gasteiger partial charge in [-0.2, -0.15) is 0 Å². The van der Waals surface area contributed by atoms with Gasteiger partial charge in [-0.1, -0.05) is 42.5 Å². The van der Waals surface area contributed by atoms with E-state index < -0.39 is 18.5 Å². The lowest BCUT2D eigenvalue weighted by atomic mass is 10.1. The Morgan fingerprint density at radius 2 is 1.63 bits per heavy atom. The molecule has 0 fully saturated rings. The van der Waals surface area contributed by atoms with Crippen LogP contribution >= 0.6 is 0 Å². The molecule has 6 nitrogen and oxygen atoms in total. The normalized spacial score (nSPS) is 10.3. The molecule has 0 unspecified atom stereocenters. The molecule has 0 heterocycles. The second-order valence-electron chi connectivity index (χ2n) is 5.69. The predicted octanol–water partition coefficient (Wildman–Crippen LogP) is 3.65. The van der Waals surface area contributed by atoms with E-state index in [1.54, 1.807) is 24.3 Å². The number of carbonyl (C=O) groups excluding carboxylic acids is 2. The van der Waals surface area contributed by atoms with Gasteiger partial charge in [-0.25, -0.2) is 4.79 Å². The van der Waals surface area contributed by atoms with E-state index in [1.165, 1.54) is 14.2 Å². The van der Waals surface area contributed by atoms with E-state index in [4.69, 9.17) is 14.2 Å². The quantitative estimate of drug-likeness (QED) is 0.675. The van der Waals surface area contributed by atoms with E-state index in [0.29, 0.717) is 11.4 Å². The molecular weight excluding hydrogens is 346 g/mol. The standard InChI is InChI=1S/C21H19NO5/c1-25-18-12-6-10-16(20(18)26-2)21(24)27-13-19(23)22-17-11-5-8-14-7-3-4-9-15(14)17/h3-12H,13H2,1-2H3,(H,22,23). The first-order valence-electron chi connectivity index (χ1n) is 8.29. The van der Waals surface area contributed by atoms with E-state index >= 15 is 0 Å². The number of para-hydroxylation sites is 1. The maximum absolute atomic E-state index is 12.3. The first-order valence-corrected chi connectivity index (χ1v) is 8.29. The predicted molar refractivity (Wildman–Crippen MR) is 102 cm³/mol. The van der Waals surface area contributed by atoms with Crippen molar-refractivity contribution in [3.63, 3.8) is 0 Å². The van der Waals surface area contributed by atoms with Crippen molar-refractivity contribution in [2.45, 2.75) is 0 Å². The molecule has 0 radical (unpaired) electrons. The van der Waals surface area contributed by atoms with Crippen molar-refractivity contribution < 1.29 is 23.8 Å². The second-order valence-corrected chi connectivity index (χ2v) is 5.69. The van der Waals surface area contributed by atoms with Crippen LogP contribution in [0.15, 0.2) is 60.7 Å². The molecule has 0 spiro atoms. The zero-order valence-electron chi connectivity index (χ0n) is 15.0. The monoisotopic (exact) mass is 365 g/mol. The number of esters is 1. The van der Waals surface area contributed by atoms with Gasteiger partial charge in [0.05, 0.1) is 14.2 Å². The molecule has 0 bridgehead atoms. The van der Waals surface area contributed by atoms with Crippen molar-refractivity contribution in [1.29, 1.82) is 0 Å². The third-order valence-electron chi connectivity index (χ3n) is 4.02. The Morgan fingerprint density at radius 1 is 0.889 bits per heavy atom. The summed E-state index contributed by atoms with van der Waals surface area (Å²) in [6, 6.07) is 18.2. The number of carbonyl (C=O) groups is 2. The Bertz CT molecular complexity index is 978. The lowest BCUT2D eigenvalue weighted by Crippen LogP contribution is -2.21. The van der Waals surface area contributed by atoms with Crippen molar-refractivity contribution >= 4 is 28.3 Å². The van der Waals surface area contributed by atoms with E-state index in [9.17, 15) is 9.59 Å². The van der Waals surface area contributed by atoms with Gasteiger partial charge in [0, 0.05) is 11.1 Å². The van der Waals surface area contributed by atoms with Crippen LogP contribution < -0.4 is 14.8 Å². The van der Waals surface area contributed by atoms with E-state index in [-0.39, 0.29) is 11.3 Å². The highest BCUT2D eigenvalue weighted by molar-refractivity contribution is 6.03. The van der Waals surface area contributed by atoms with E-state index in [0.717, 1.165) is 10.8 Å². The zero-order chi connectivity index (χ0) is 19.2. The minimum Gasteiger partial charge on any atom is -0.493 e. The summed E-state index contributed by atoms with van der Waals surface area (Å²) in [4.78, 5) is 24.5. The zero-order valence-corrected chi connectivity index (χ0v) is 15.0. The van der Waals surface area contributed by atoms with Crippen molar-refractivity contribution in [1.82, 2.24) is 0 Å². The molecule has 27 heavy (non-hydrogen) atoms. The summed E-state index contributed by atoms with van der Waals surface area (Å²) in [5.41, 5.74) is 0.850. The average Bonchev–Trinajstić information content (AvgIpc) is 2.71. The van der Waals surface area contributed by atoms with Crippen LogP contribution in [0.3, 0.4) is 0 Å². The Labute approximate surface area is 156 Å². The smallest absolute Gasteiger partial charge is 0.342 e. The molecule has 0 aliphatic rings. The molecule has 0 saturated heterocycles. The minimum atomic E-state index is -0.668. The summed E-state index contributed by atoms with van der Waals surface area (Å²) in [5, 5.41) is 4.69. The summed E-state index contributed by atoms with van der Waals surface area (Å²) in [5.74, 6) is -0.424. The lowest BCUT2D eigenvalue weighted by molar-refractivity contribution is -0.119. The number of anilines is 1. The van der Waals surface area contributed by atoms with Gasteiger partial charge < -0.3 is 19.5 Å². The van der Waals surface area contributed by atoms with E-state index in [2.05, 4.69) is 5.32 Å². The molecule has 0 aromatic heterocycles. The Hall–Kier alpha value is -3.54. The fourth-order valence-corrected chi connectivity index (χ4v) is 2.78. The van der Waals surface area contributed by atoms with Gasteiger partial charge in [0.25, 0.3) is 5.91 Å². The van der Waals surface area contributed by atoms with Gasteiger partial charge >= 0.3 is 5.97 Å². The largest absolute Gasteiger partial charge is 0.493 e. The highest BCUT2D eigenvalue weighted by atomic mass is 16.5. The number of nitrogens with one attached hydrogen (secondary N) is 1. The summed E-state index contributed by atoms with van der Waals surface area (Å²) in [7, 11) is 2.91. The molecule has 6 heteroatoms. The molecule has 0 aliphatic carbocycles. The van der Waals surface area contributed by atoms with Crippen LogP contribution in [0.2, 0.25) is 0 Å². The third-order valence-corrected chi connectivity index (χ3v) is 4.02.